The van der Waals surface area contributed by atoms with Crippen molar-refractivity contribution in [1.82, 2.24) is 10.2 Å². The van der Waals surface area contributed by atoms with Crippen LogP contribution in [0.4, 0.5) is 11.4 Å². The van der Waals surface area contributed by atoms with Crippen LogP contribution in [0.2, 0.25) is 0 Å². The van der Waals surface area contributed by atoms with E-state index in [1.165, 1.54) is 25.9 Å². The Morgan fingerprint density at radius 2 is 1.84 bits per heavy atom. The van der Waals surface area contributed by atoms with E-state index in [0.29, 0.717) is 0 Å². The third-order valence-corrected chi connectivity index (χ3v) is 5.77. The van der Waals surface area contributed by atoms with Gasteiger partial charge in [0.15, 0.2) is 17.8 Å². The lowest BCUT2D eigenvalue weighted by Crippen LogP contribution is -2.39. The fraction of sp³-hybridized carbons (Fsp3) is 0.375. The summed E-state index contributed by atoms with van der Waals surface area (Å²) in [5.74, 6) is 3.28. The normalized spacial score (nSPS) is 19.7. The standard InChI is InChI=1S/C24H29N5O3/c1-17-15-25-24(28-23(17)26-19-6-9-21-22(14-19)32-16-31-21)27-18-4-7-20(8-5-18)30-13-12-29-10-2-3-11-29/h4-9,14-15,24,26-28H,2-3,10-13,16H2,1H3. The Morgan fingerprint density at radius 1 is 1.06 bits per heavy atom. The van der Waals surface area contributed by atoms with E-state index in [9.17, 15) is 0 Å². The minimum atomic E-state index is -0.280. The van der Waals surface area contributed by atoms with Gasteiger partial charge in [-0.15, -0.1) is 0 Å². The van der Waals surface area contributed by atoms with E-state index in [-0.39, 0.29) is 13.1 Å². The van der Waals surface area contributed by atoms with Crippen molar-refractivity contribution in [1.29, 1.82) is 0 Å². The van der Waals surface area contributed by atoms with Gasteiger partial charge in [0.1, 0.15) is 18.2 Å². The van der Waals surface area contributed by atoms with Crippen molar-refractivity contribution in [2.24, 2.45) is 4.99 Å². The summed E-state index contributed by atoms with van der Waals surface area (Å²) in [6.07, 6.45) is 4.19. The van der Waals surface area contributed by atoms with Crippen LogP contribution in [0.25, 0.3) is 0 Å². The van der Waals surface area contributed by atoms with Crippen LogP contribution in [-0.2, 0) is 0 Å². The van der Waals surface area contributed by atoms with Crippen molar-refractivity contribution >= 4 is 17.6 Å². The Bertz CT molecular complexity index is 999. The van der Waals surface area contributed by atoms with Crippen LogP contribution in [0.15, 0.2) is 58.9 Å². The minimum Gasteiger partial charge on any atom is -0.492 e. The van der Waals surface area contributed by atoms with Crippen LogP contribution < -0.4 is 30.2 Å². The summed E-state index contributed by atoms with van der Waals surface area (Å²) < 4.78 is 16.7. The zero-order chi connectivity index (χ0) is 21.8. The second-order valence-electron chi connectivity index (χ2n) is 8.14. The van der Waals surface area contributed by atoms with E-state index >= 15 is 0 Å². The van der Waals surface area contributed by atoms with Crippen LogP contribution in [0.1, 0.15) is 19.8 Å². The van der Waals surface area contributed by atoms with Gasteiger partial charge in [0, 0.05) is 35.8 Å². The number of anilines is 2. The van der Waals surface area contributed by atoms with Crippen LogP contribution in [0.3, 0.4) is 0 Å². The molecule has 0 saturated carbocycles. The van der Waals surface area contributed by atoms with E-state index in [1.807, 2.05) is 55.6 Å². The van der Waals surface area contributed by atoms with Crippen molar-refractivity contribution in [3.8, 4) is 17.2 Å². The highest BCUT2D eigenvalue weighted by Crippen LogP contribution is 2.34. The van der Waals surface area contributed by atoms with Crippen molar-refractivity contribution in [3.63, 3.8) is 0 Å². The molecule has 0 spiro atoms. The van der Waals surface area contributed by atoms with Crippen LogP contribution in [-0.4, -0.2) is 50.4 Å². The highest BCUT2D eigenvalue weighted by atomic mass is 16.7. The number of hydrogen-bond donors (Lipinski definition) is 3. The first kappa shape index (κ1) is 20.5. The Labute approximate surface area is 188 Å². The van der Waals surface area contributed by atoms with Crippen LogP contribution in [0, 0.1) is 0 Å². The van der Waals surface area contributed by atoms with E-state index < -0.39 is 0 Å². The van der Waals surface area contributed by atoms with Gasteiger partial charge in [0.2, 0.25) is 6.79 Å². The molecule has 5 rings (SSSR count). The lowest BCUT2D eigenvalue weighted by atomic mass is 10.2. The Balaban J connectivity index is 1.13. The molecule has 0 bridgehead atoms. The molecular weight excluding hydrogens is 406 g/mol. The van der Waals surface area contributed by atoms with Gasteiger partial charge < -0.3 is 30.2 Å². The molecule has 2 aromatic rings. The van der Waals surface area contributed by atoms with Gasteiger partial charge >= 0.3 is 0 Å². The number of benzene rings is 2. The molecule has 8 nitrogen and oxygen atoms in total. The fourth-order valence-corrected chi connectivity index (χ4v) is 3.97. The molecule has 0 aromatic heterocycles. The van der Waals surface area contributed by atoms with Gasteiger partial charge in [-0.25, -0.2) is 4.99 Å². The molecule has 168 valence electrons. The lowest BCUT2D eigenvalue weighted by molar-refractivity contribution is 0.174. The van der Waals surface area contributed by atoms with Gasteiger partial charge in [-0.3, -0.25) is 4.90 Å². The first-order valence-electron chi connectivity index (χ1n) is 11.1. The molecule has 3 aliphatic rings. The first-order valence-corrected chi connectivity index (χ1v) is 11.1. The van der Waals surface area contributed by atoms with Crippen molar-refractivity contribution < 1.29 is 14.2 Å². The average Bonchev–Trinajstić information content (AvgIpc) is 3.49. The van der Waals surface area contributed by atoms with Crippen molar-refractivity contribution in [2.45, 2.75) is 26.1 Å². The molecule has 8 heteroatoms. The van der Waals surface area contributed by atoms with Gasteiger partial charge in [0.25, 0.3) is 0 Å². The van der Waals surface area contributed by atoms with Crippen LogP contribution in [0.5, 0.6) is 17.2 Å². The van der Waals surface area contributed by atoms with Gasteiger partial charge in [-0.1, -0.05) is 0 Å². The zero-order valence-electron chi connectivity index (χ0n) is 18.3. The number of ether oxygens (including phenoxy) is 3. The smallest absolute Gasteiger partial charge is 0.231 e. The number of aliphatic imine (C=N–C) groups is 1. The maximum Gasteiger partial charge on any atom is 0.231 e. The van der Waals surface area contributed by atoms with Gasteiger partial charge in [-0.2, -0.15) is 0 Å². The molecule has 0 radical (unpaired) electrons. The van der Waals surface area contributed by atoms with E-state index in [1.54, 1.807) is 0 Å². The maximum absolute atomic E-state index is 5.89. The quantitative estimate of drug-likeness (QED) is 0.585. The predicted octanol–water partition coefficient (Wildman–Crippen LogP) is 3.60. The summed E-state index contributed by atoms with van der Waals surface area (Å²) >= 11 is 0. The maximum atomic E-state index is 5.89. The van der Waals surface area contributed by atoms with E-state index in [4.69, 9.17) is 14.2 Å². The second-order valence-corrected chi connectivity index (χ2v) is 8.14. The van der Waals surface area contributed by atoms with Gasteiger partial charge in [-0.05, 0) is 69.3 Å². The van der Waals surface area contributed by atoms with Gasteiger partial charge in [0.05, 0.1) is 0 Å². The summed E-state index contributed by atoms with van der Waals surface area (Å²) in [5, 5.41) is 10.2. The molecular formula is C24H29N5O3. The molecule has 0 amide bonds. The monoisotopic (exact) mass is 435 g/mol. The summed E-state index contributed by atoms with van der Waals surface area (Å²) in [7, 11) is 0. The number of rotatable bonds is 8. The summed E-state index contributed by atoms with van der Waals surface area (Å²) in [6.45, 7) is 6.38. The molecule has 3 aliphatic heterocycles. The third kappa shape index (κ3) is 4.91. The Kier molecular flexibility index (Phi) is 6.02. The van der Waals surface area contributed by atoms with Crippen molar-refractivity contribution in [3.05, 3.63) is 53.9 Å². The molecule has 1 unspecified atom stereocenters. The fourth-order valence-electron chi connectivity index (χ4n) is 3.97. The topological polar surface area (TPSA) is 79.4 Å². The van der Waals surface area contributed by atoms with Crippen LogP contribution >= 0.6 is 0 Å². The molecule has 3 N–H and O–H groups in total. The number of hydrogen-bond acceptors (Lipinski definition) is 8. The Morgan fingerprint density at radius 3 is 2.69 bits per heavy atom. The lowest BCUT2D eigenvalue weighted by Gasteiger charge is -2.26. The number of nitrogens with one attached hydrogen (secondary N) is 3. The number of allylic oxidation sites excluding steroid dienone is 1. The molecule has 2 aromatic carbocycles. The van der Waals surface area contributed by atoms with Crippen molar-refractivity contribution in [2.75, 3.05) is 43.7 Å². The highest BCUT2D eigenvalue weighted by molar-refractivity contribution is 5.81. The molecule has 1 fully saturated rings. The Hall–Kier alpha value is -3.39. The minimum absolute atomic E-state index is 0.264. The summed E-state index contributed by atoms with van der Waals surface area (Å²) in [6, 6.07) is 13.8. The number of fused-ring (bicyclic) bond motifs is 1. The number of nitrogens with zero attached hydrogens (tertiary/aromatic N) is 2. The number of likely N-dealkylation sites (tertiary alicyclic amines) is 1. The summed E-state index contributed by atoms with van der Waals surface area (Å²) in [4.78, 5) is 7.00. The molecule has 1 atom stereocenters. The second kappa shape index (κ2) is 9.40. The molecule has 0 aliphatic carbocycles. The third-order valence-electron chi connectivity index (χ3n) is 5.77. The predicted molar refractivity (Wildman–Crippen MR) is 126 cm³/mol. The average molecular weight is 436 g/mol. The first-order chi connectivity index (χ1) is 15.7. The summed E-state index contributed by atoms with van der Waals surface area (Å²) in [5.41, 5.74) is 2.90. The van der Waals surface area contributed by atoms with E-state index in [2.05, 4.69) is 25.8 Å². The molecule has 32 heavy (non-hydrogen) atoms. The molecule has 1 saturated heterocycles. The van der Waals surface area contributed by atoms with E-state index in [0.717, 1.165) is 53.2 Å². The largest absolute Gasteiger partial charge is 0.492 e. The zero-order valence-corrected chi connectivity index (χ0v) is 18.3. The highest BCUT2D eigenvalue weighted by Gasteiger charge is 2.17. The molecule has 3 heterocycles. The SMILES string of the molecule is CC1=C(Nc2ccc3c(c2)OCO3)NC(Nc2ccc(OCCN3CCCC3)cc2)N=C1.